The number of pyridine rings is 1. The molecule has 1 rings (SSSR count). The largest absolute Gasteiger partial charge is 0.286 e. The molecule has 0 unspecified atom stereocenters. The van der Waals surface area contributed by atoms with Crippen molar-refractivity contribution in [2.24, 2.45) is 0 Å². The molecule has 0 spiro atoms. The van der Waals surface area contributed by atoms with Crippen LogP contribution in [0.4, 0.5) is 0 Å². The summed E-state index contributed by atoms with van der Waals surface area (Å²) < 4.78 is 31.7. The van der Waals surface area contributed by atoms with Crippen LogP contribution in [-0.4, -0.2) is 24.1 Å². The Bertz CT molecular complexity index is 448. The van der Waals surface area contributed by atoms with Crippen LogP contribution in [0.15, 0.2) is 24.5 Å². The van der Waals surface area contributed by atoms with Gasteiger partial charge in [-0.05, 0) is 18.9 Å². The van der Waals surface area contributed by atoms with E-state index in [2.05, 4.69) is 22.0 Å². The lowest BCUT2D eigenvalue weighted by atomic mass is 10.2. The number of halogens is 1. The minimum atomic E-state index is -3.84. The van der Waals surface area contributed by atoms with Crippen LogP contribution in [-0.2, 0) is 23.1 Å². The van der Waals surface area contributed by atoms with Crippen molar-refractivity contribution in [1.82, 2.24) is 0 Å². The molecular weight excluding hydrogens is 306 g/mol. The molecule has 0 amide bonds. The van der Waals surface area contributed by atoms with E-state index in [-0.39, 0.29) is 5.75 Å². The molecule has 1 heterocycles. The predicted octanol–water partition coefficient (Wildman–Crippen LogP) is 1.58. The fraction of sp³-hybridized carbons (Fsp3) is 0.545. The molecule has 0 saturated carbocycles. The molecule has 0 atom stereocenters. The van der Waals surface area contributed by atoms with Gasteiger partial charge in [0.1, 0.15) is 6.54 Å². The van der Waals surface area contributed by atoms with Gasteiger partial charge >= 0.3 is 0 Å². The Labute approximate surface area is 111 Å². The topological polar surface area (TPSA) is 58.3 Å². The quantitative estimate of drug-likeness (QED) is 0.471. The first kappa shape index (κ1) is 14.6. The number of rotatable bonds is 7. The molecule has 1 N–H and O–H groups in total. The highest BCUT2D eigenvalue weighted by atomic mass is 79.9. The molecule has 0 fully saturated rings. The van der Waals surface area contributed by atoms with Gasteiger partial charge in [0.15, 0.2) is 12.4 Å². The highest BCUT2D eigenvalue weighted by Gasteiger charge is 2.07. The van der Waals surface area contributed by atoms with Crippen molar-refractivity contribution in [3.63, 3.8) is 0 Å². The van der Waals surface area contributed by atoms with Gasteiger partial charge in [0.2, 0.25) is 0 Å². The summed E-state index contributed by atoms with van der Waals surface area (Å²) in [6, 6.07) is 4.01. The molecule has 96 valence electrons. The zero-order valence-electron chi connectivity index (χ0n) is 9.55. The van der Waals surface area contributed by atoms with Gasteiger partial charge in [-0.25, -0.2) is 4.57 Å². The lowest BCUT2D eigenvalue weighted by Crippen LogP contribution is -2.34. The first-order valence-electron chi connectivity index (χ1n) is 5.50. The van der Waals surface area contributed by atoms with E-state index in [1.807, 2.05) is 23.0 Å². The lowest BCUT2D eigenvalue weighted by molar-refractivity contribution is -0.697. The Kier molecular flexibility index (Phi) is 6.08. The van der Waals surface area contributed by atoms with Gasteiger partial charge in [0.05, 0.1) is 5.75 Å². The highest BCUT2D eigenvalue weighted by Crippen LogP contribution is 2.01. The second kappa shape index (κ2) is 7.08. The van der Waals surface area contributed by atoms with E-state index in [0.717, 1.165) is 18.2 Å². The Morgan fingerprint density at radius 1 is 1.35 bits per heavy atom. The van der Waals surface area contributed by atoms with E-state index >= 15 is 0 Å². The fourth-order valence-electron chi connectivity index (χ4n) is 1.56. The maximum atomic E-state index is 10.6. The Morgan fingerprint density at radius 3 is 2.76 bits per heavy atom. The van der Waals surface area contributed by atoms with Crippen LogP contribution in [0.3, 0.4) is 0 Å². The Morgan fingerprint density at radius 2 is 2.12 bits per heavy atom. The van der Waals surface area contributed by atoms with Crippen molar-refractivity contribution in [2.45, 2.75) is 25.8 Å². The third-order valence-corrected chi connectivity index (χ3v) is 3.70. The Balaban J connectivity index is 2.48. The molecule has 4 nitrogen and oxygen atoms in total. The van der Waals surface area contributed by atoms with Crippen LogP contribution in [0.2, 0.25) is 0 Å². The smallest absolute Gasteiger partial charge is 0.265 e. The molecule has 17 heavy (non-hydrogen) atoms. The zero-order valence-corrected chi connectivity index (χ0v) is 12.0. The molecule has 6 heteroatoms. The zero-order chi connectivity index (χ0) is 12.7. The van der Waals surface area contributed by atoms with Crippen LogP contribution in [0.5, 0.6) is 0 Å². The van der Waals surface area contributed by atoms with Gasteiger partial charge in [-0.3, -0.25) is 4.55 Å². The predicted molar refractivity (Wildman–Crippen MR) is 69.8 cm³/mol. The van der Waals surface area contributed by atoms with E-state index in [1.54, 1.807) is 0 Å². The summed E-state index contributed by atoms with van der Waals surface area (Å²) in [7, 11) is -3.84. The third-order valence-electron chi connectivity index (χ3n) is 2.34. The summed E-state index contributed by atoms with van der Waals surface area (Å²) in [5, 5.41) is 0.977. The average Bonchev–Trinajstić information content (AvgIpc) is 2.25. The van der Waals surface area contributed by atoms with Crippen molar-refractivity contribution in [3.05, 3.63) is 30.1 Å². The number of aromatic nitrogens is 1. The van der Waals surface area contributed by atoms with Crippen molar-refractivity contribution >= 4 is 26.0 Å². The highest BCUT2D eigenvalue weighted by molar-refractivity contribution is 9.09. The minimum absolute atomic E-state index is 0.189. The molecule has 1 aromatic rings. The number of aryl methyl sites for hydroxylation is 2. The molecule has 0 aliphatic heterocycles. The monoisotopic (exact) mass is 322 g/mol. The first-order chi connectivity index (χ1) is 8.01. The van der Waals surface area contributed by atoms with Gasteiger partial charge in [-0.1, -0.05) is 15.9 Å². The second-order valence-corrected chi connectivity index (χ2v) is 6.25. The van der Waals surface area contributed by atoms with Crippen LogP contribution in [0, 0.1) is 0 Å². The Hall–Kier alpha value is -0.460. The van der Waals surface area contributed by atoms with Gasteiger partial charge < -0.3 is 0 Å². The van der Waals surface area contributed by atoms with Crippen molar-refractivity contribution < 1.29 is 17.5 Å². The second-order valence-electron chi connectivity index (χ2n) is 3.88. The number of nitrogens with zero attached hydrogens (tertiary/aromatic N) is 1. The first-order valence-corrected chi connectivity index (χ1v) is 8.23. The van der Waals surface area contributed by atoms with E-state index < -0.39 is 10.1 Å². The van der Waals surface area contributed by atoms with Crippen LogP contribution < -0.4 is 4.57 Å². The molecule has 1 aromatic heterocycles. The molecule has 0 aromatic carbocycles. The molecular formula is C11H17BrNO3S+. The minimum Gasteiger partial charge on any atom is -0.286 e. The van der Waals surface area contributed by atoms with Crippen LogP contribution >= 0.6 is 15.9 Å². The third kappa shape index (κ3) is 6.75. The van der Waals surface area contributed by atoms with Crippen LogP contribution in [0.25, 0.3) is 0 Å². The number of alkyl halides is 1. The van der Waals surface area contributed by atoms with Crippen molar-refractivity contribution in [3.8, 4) is 0 Å². The van der Waals surface area contributed by atoms with Crippen molar-refractivity contribution in [2.75, 3.05) is 11.1 Å². The normalized spacial score (nSPS) is 11.6. The molecule has 0 bridgehead atoms. The summed E-state index contributed by atoms with van der Waals surface area (Å²) in [4.78, 5) is 0. The van der Waals surface area contributed by atoms with E-state index in [9.17, 15) is 8.42 Å². The summed E-state index contributed by atoms with van der Waals surface area (Å²) in [6.45, 7) is 0.599. The van der Waals surface area contributed by atoms with Gasteiger partial charge in [-0.2, -0.15) is 8.42 Å². The maximum Gasteiger partial charge on any atom is 0.265 e. The standard InChI is InChI=1S/C11H16BrNO3S/c12-6-1-4-11-5-2-7-13(10-11)8-3-9-17(14,15)16/h2,5,7,10H,1,3-4,6,8-9H2/p+1. The number of hydrogen-bond acceptors (Lipinski definition) is 2. The summed E-state index contributed by atoms with van der Waals surface area (Å²) in [6.07, 6.45) is 6.43. The van der Waals surface area contributed by atoms with Crippen LogP contribution in [0.1, 0.15) is 18.4 Å². The summed E-state index contributed by atoms with van der Waals surface area (Å²) in [5.41, 5.74) is 1.24. The number of hydrogen-bond donors (Lipinski definition) is 1. The summed E-state index contributed by atoms with van der Waals surface area (Å²) in [5.74, 6) is -0.189. The summed E-state index contributed by atoms with van der Waals surface area (Å²) >= 11 is 3.39. The fourth-order valence-corrected chi connectivity index (χ4v) is 2.34. The maximum absolute atomic E-state index is 10.6. The average molecular weight is 323 g/mol. The van der Waals surface area contributed by atoms with E-state index in [1.165, 1.54) is 5.56 Å². The van der Waals surface area contributed by atoms with Gasteiger partial charge in [0, 0.05) is 23.4 Å². The SMILES string of the molecule is O=S(=O)(O)CCC[n+]1cccc(CCCBr)c1. The molecule has 0 saturated heterocycles. The molecule has 0 aliphatic rings. The van der Waals surface area contributed by atoms with Gasteiger partial charge in [-0.15, -0.1) is 0 Å². The lowest BCUT2D eigenvalue weighted by Gasteiger charge is -2.00. The van der Waals surface area contributed by atoms with Gasteiger partial charge in [0.25, 0.3) is 10.1 Å². The van der Waals surface area contributed by atoms with Crippen molar-refractivity contribution in [1.29, 1.82) is 0 Å². The van der Waals surface area contributed by atoms with E-state index in [0.29, 0.717) is 13.0 Å². The van der Waals surface area contributed by atoms with E-state index in [4.69, 9.17) is 4.55 Å². The molecule has 0 aliphatic carbocycles. The molecule has 0 radical (unpaired) electrons.